The predicted octanol–water partition coefficient (Wildman–Crippen LogP) is 5.44. The molecule has 0 spiro atoms. The summed E-state index contributed by atoms with van der Waals surface area (Å²) in [5, 5.41) is 11.1. The van der Waals surface area contributed by atoms with E-state index in [2.05, 4.69) is 59.6 Å². The highest BCUT2D eigenvalue weighted by atomic mass is 32.2. The molecule has 3 saturated heterocycles. The van der Waals surface area contributed by atoms with Crippen molar-refractivity contribution in [3.8, 4) is 5.75 Å². The third-order valence-electron chi connectivity index (χ3n) is 11.9. The molecule has 0 bridgehead atoms. The van der Waals surface area contributed by atoms with Crippen LogP contribution in [0.2, 0.25) is 0 Å². The average molecular weight is 792 g/mol. The number of carbonyl (C=O) groups excluding carboxylic acids is 2. The second-order valence-electron chi connectivity index (χ2n) is 15.4. The van der Waals surface area contributed by atoms with Gasteiger partial charge in [-0.05, 0) is 105 Å². The molecule has 298 valence electrons. The van der Waals surface area contributed by atoms with Gasteiger partial charge in [0.05, 0.1) is 22.8 Å². The lowest BCUT2D eigenvalue weighted by Gasteiger charge is -2.35. The lowest BCUT2D eigenvalue weighted by molar-refractivity contribution is -0.120. The van der Waals surface area contributed by atoms with Gasteiger partial charge in [0.1, 0.15) is 0 Å². The van der Waals surface area contributed by atoms with Gasteiger partial charge in [-0.1, -0.05) is 24.6 Å². The number of anilines is 2. The number of ether oxygens (including phenoxy) is 1. The van der Waals surface area contributed by atoms with Crippen LogP contribution in [0.3, 0.4) is 0 Å². The summed E-state index contributed by atoms with van der Waals surface area (Å²) in [6.45, 7) is 1.03. The van der Waals surface area contributed by atoms with Gasteiger partial charge in [0.15, 0.2) is 11.6 Å². The molecule has 8 rings (SSSR count). The fourth-order valence-corrected chi connectivity index (χ4v) is 10.5. The van der Waals surface area contributed by atoms with Crippen LogP contribution in [-0.4, -0.2) is 101 Å². The Labute approximate surface area is 324 Å². The van der Waals surface area contributed by atoms with E-state index in [4.69, 9.17) is 0 Å². The Morgan fingerprint density at radius 2 is 1.70 bits per heavy atom. The summed E-state index contributed by atoms with van der Waals surface area (Å²) in [7, 11) is -1.81. The first kappa shape index (κ1) is 38.1. The number of likely N-dealkylation sites (tertiary alicyclic amines) is 1. The summed E-state index contributed by atoms with van der Waals surface area (Å²) >= 11 is 0. The lowest BCUT2D eigenvalue weighted by atomic mass is 9.86. The van der Waals surface area contributed by atoms with Crippen molar-refractivity contribution in [3.05, 3.63) is 66.0 Å². The highest BCUT2D eigenvalue weighted by Crippen LogP contribution is 2.42. The maximum Gasteiger partial charge on any atom is 0.387 e. The smallest absolute Gasteiger partial charge is 0.387 e. The number of aryl methyl sites for hydroxylation is 1. The number of alkyl halides is 2. The number of aromatic nitrogens is 4. The SMILES string of the molecule is Cn1nc(N2CCC(=O)NC2=O)c2ccc(C3CCN(CC4CCCC4c4cccc(S(=O)(=O)N5CCC(Nc6ncc(OC(F)F)cn6)CC5)c4)CC3)cc21. The summed E-state index contributed by atoms with van der Waals surface area (Å²) in [6, 6.07) is 13.5. The predicted molar refractivity (Wildman–Crippen MR) is 205 cm³/mol. The van der Waals surface area contributed by atoms with Crippen molar-refractivity contribution in [2.24, 2.45) is 13.0 Å². The van der Waals surface area contributed by atoms with E-state index in [1.165, 1.54) is 22.9 Å². The average Bonchev–Trinajstić information content (AvgIpc) is 3.79. The van der Waals surface area contributed by atoms with Crippen molar-refractivity contribution in [2.45, 2.75) is 80.8 Å². The van der Waals surface area contributed by atoms with Crippen LogP contribution in [0.15, 0.2) is 59.8 Å². The van der Waals surface area contributed by atoms with Crippen molar-refractivity contribution >= 4 is 44.6 Å². The minimum atomic E-state index is -3.69. The first-order chi connectivity index (χ1) is 27.0. The molecule has 2 unspecified atom stereocenters. The van der Waals surface area contributed by atoms with Gasteiger partial charge in [-0.3, -0.25) is 19.7 Å². The molecule has 2 N–H and O–H groups in total. The van der Waals surface area contributed by atoms with E-state index in [0.29, 0.717) is 60.9 Å². The Balaban J connectivity index is 0.852. The van der Waals surface area contributed by atoms with E-state index in [-0.39, 0.29) is 30.1 Å². The topological polar surface area (TPSA) is 155 Å². The molecule has 1 aliphatic carbocycles. The molecule has 3 aliphatic heterocycles. The fraction of sp³-hybridized carbons (Fsp3) is 0.513. The monoisotopic (exact) mass is 791 g/mol. The number of rotatable bonds is 11. The zero-order valence-electron chi connectivity index (χ0n) is 31.3. The quantitative estimate of drug-likeness (QED) is 0.201. The second kappa shape index (κ2) is 16.0. The van der Waals surface area contributed by atoms with E-state index >= 15 is 0 Å². The van der Waals surface area contributed by atoms with Crippen LogP contribution < -0.4 is 20.3 Å². The van der Waals surface area contributed by atoms with Crippen LogP contribution >= 0.6 is 0 Å². The lowest BCUT2D eigenvalue weighted by Crippen LogP contribution is -2.49. The van der Waals surface area contributed by atoms with E-state index in [1.54, 1.807) is 10.4 Å². The maximum atomic E-state index is 13.8. The van der Waals surface area contributed by atoms with Gasteiger partial charge in [0.25, 0.3) is 0 Å². The molecular formula is C39H47F2N9O5S. The Kier molecular flexibility index (Phi) is 10.9. The van der Waals surface area contributed by atoms with Gasteiger partial charge in [-0.2, -0.15) is 18.2 Å². The van der Waals surface area contributed by atoms with Gasteiger partial charge in [-0.25, -0.2) is 23.2 Å². The maximum absolute atomic E-state index is 13.8. The molecule has 3 amide bonds. The molecule has 17 heteroatoms. The standard InChI is InChI=1S/C39H47F2N9O5S/c1-47-34-21-26(8-9-33(34)36(46-47)50-19-14-35(51)45-39(50)52)25-10-15-48(16-11-25)24-28-5-3-7-32(28)27-4-2-6-31(20-27)56(53,54)49-17-12-29(13-18-49)44-38-42-22-30(23-43-38)55-37(40)41/h2,4,6,8-9,20-23,25,28-29,32,37H,3,5,7,10-19,24H2,1H3,(H,42,43,44)(H,45,51,52). The number of urea groups is 1. The molecule has 2 atom stereocenters. The number of amides is 3. The number of halogens is 2. The minimum absolute atomic E-state index is 0.0536. The molecule has 1 saturated carbocycles. The van der Waals surface area contributed by atoms with Crippen LogP contribution in [0.4, 0.5) is 25.3 Å². The highest BCUT2D eigenvalue weighted by molar-refractivity contribution is 7.89. The van der Waals surface area contributed by atoms with Crippen molar-refractivity contribution in [1.82, 2.24) is 34.3 Å². The zero-order chi connectivity index (χ0) is 39.0. The Morgan fingerprint density at radius 3 is 2.43 bits per heavy atom. The van der Waals surface area contributed by atoms with Crippen LogP contribution in [0.25, 0.3) is 10.9 Å². The van der Waals surface area contributed by atoms with E-state index in [1.807, 2.05) is 23.9 Å². The third kappa shape index (κ3) is 8.07. The third-order valence-corrected chi connectivity index (χ3v) is 13.8. The first-order valence-electron chi connectivity index (χ1n) is 19.5. The summed E-state index contributed by atoms with van der Waals surface area (Å²) in [6.07, 6.45) is 9.09. The Bertz CT molecular complexity index is 2170. The van der Waals surface area contributed by atoms with Crippen molar-refractivity contribution < 1.29 is 31.5 Å². The van der Waals surface area contributed by atoms with Crippen molar-refractivity contribution in [2.75, 3.05) is 49.5 Å². The van der Waals surface area contributed by atoms with Crippen LogP contribution in [0, 0.1) is 5.92 Å². The van der Waals surface area contributed by atoms with Gasteiger partial charge in [-0.15, -0.1) is 0 Å². The van der Waals surface area contributed by atoms with Crippen LogP contribution in [0.1, 0.15) is 74.3 Å². The number of sulfonamides is 1. The number of imide groups is 1. The largest absolute Gasteiger partial charge is 0.432 e. The van der Waals surface area contributed by atoms with E-state index in [0.717, 1.165) is 68.2 Å². The summed E-state index contributed by atoms with van der Waals surface area (Å²) in [5.41, 5.74) is 3.32. The number of hydrogen-bond acceptors (Lipinski definition) is 10. The molecular weight excluding hydrogens is 745 g/mol. The van der Waals surface area contributed by atoms with Crippen LogP contribution in [-0.2, 0) is 21.9 Å². The first-order valence-corrected chi connectivity index (χ1v) is 20.9. The Morgan fingerprint density at radius 1 is 0.929 bits per heavy atom. The molecule has 56 heavy (non-hydrogen) atoms. The molecule has 4 aromatic rings. The number of benzene rings is 2. The molecule has 2 aromatic carbocycles. The number of piperidine rings is 2. The van der Waals surface area contributed by atoms with Crippen molar-refractivity contribution in [1.29, 1.82) is 0 Å². The van der Waals surface area contributed by atoms with E-state index in [9.17, 15) is 26.8 Å². The fourth-order valence-electron chi connectivity index (χ4n) is 8.98. The highest BCUT2D eigenvalue weighted by Gasteiger charge is 2.35. The number of hydrogen-bond donors (Lipinski definition) is 2. The van der Waals surface area contributed by atoms with E-state index < -0.39 is 22.7 Å². The van der Waals surface area contributed by atoms with Gasteiger partial charge >= 0.3 is 12.6 Å². The zero-order valence-corrected chi connectivity index (χ0v) is 32.1. The molecule has 4 fully saturated rings. The number of fused-ring (bicyclic) bond motifs is 1. The second-order valence-corrected chi connectivity index (χ2v) is 17.3. The number of nitrogens with one attached hydrogen (secondary N) is 2. The Hall–Kier alpha value is -4.74. The molecule has 4 aliphatic rings. The number of carbonyl (C=O) groups is 2. The van der Waals surface area contributed by atoms with Gasteiger partial charge in [0, 0.05) is 51.1 Å². The summed E-state index contributed by atoms with van der Waals surface area (Å²) in [5.74, 6) is 1.63. The minimum Gasteiger partial charge on any atom is -0.432 e. The summed E-state index contributed by atoms with van der Waals surface area (Å²) < 4.78 is 60.2. The number of nitrogens with zero attached hydrogens (tertiary/aromatic N) is 7. The van der Waals surface area contributed by atoms with Gasteiger partial charge < -0.3 is 15.0 Å². The molecule has 14 nitrogen and oxygen atoms in total. The molecule has 2 aromatic heterocycles. The molecule has 5 heterocycles. The molecule has 0 radical (unpaired) electrons. The summed E-state index contributed by atoms with van der Waals surface area (Å²) in [4.78, 5) is 36.7. The normalized spacial score (nSPS) is 22.2. The van der Waals surface area contributed by atoms with Crippen molar-refractivity contribution in [3.63, 3.8) is 0 Å². The van der Waals surface area contributed by atoms with Crippen LogP contribution in [0.5, 0.6) is 5.75 Å². The van der Waals surface area contributed by atoms with Gasteiger partial charge in [0.2, 0.25) is 21.9 Å².